The molecule has 1 heterocycles. The molecule has 1 aromatic rings. The predicted molar refractivity (Wildman–Crippen MR) is 66.1 cm³/mol. The van der Waals surface area contributed by atoms with E-state index in [0.29, 0.717) is 12.5 Å². The van der Waals surface area contributed by atoms with Crippen molar-refractivity contribution in [1.29, 1.82) is 0 Å². The third-order valence-corrected chi connectivity index (χ3v) is 4.42. The Morgan fingerprint density at radius 1 is 1.44 bits per heavy atom. The number of ether oxygens (including phenoxy) is 1. The number of halogens is 1. The van der Waals surface area contributed by atoms with Crippen LogP contribution in [0.2, 0.25) is 0 Å². The number of aromatic amines is 1. The van der Waals surface area contributed by atoms with Gasteiger partial charge in [-0.05, 0) is 24.8 Å². The van der Waals surface area contributed by atoms with E-state index in [9.17, 15) is 13.2 Å². The summed E-state index contributed by atoms with van der Waals surface area (Å²) in [6.07, 6.45) is 5.70. The fraction of sp³-hybridized carbons (Fsp3) is 0.545. The Bertz CT molecular complexity index is 531. The van der Waals surface area contributed by atoms with Gasteiger partial charge in [-0.3, -0.25) is 0 Å². The van der Waals surface area contributed by atoms with Gasteiger partial charge in [0.1, 0.15) is 10.6 Å². The molecule has 2 rings (SSSR count). The van der Waals surface area contributed by atoms with Crippen LogP contribution in [-0.2, 0) is 13.8 Å². The lowest BCUT2D eigenvalue weighted by Crippen LogP contribution is -2.12. The van der Waals surface area contributed by atoms with E-state index in [0.717, 1.165) is 12.8 Å². The molecule has 1 fully saturated rings. The van der Waals surface area contributed by atoms with Crippen molar-refractivity contribution >= 4 is 25.7 Å². The van der Waals surface area contributed by atoms with Crippen LogP contribution in [0.3, 0.4) is 0 Å². The van der Waals surface area contributed by atoms with Gasteiger partial charge in [0.2, 0.25) is 0 Å². The number of esters is 1. The van der Waals surface area contributed by atoms with Crippen molar-refractivity contribution in [3.63, 3.8) is 0 Å². The third-order valence-electron chi connectivity index (χ3n) is 3.08. The standard InChI is InChI=1S/C11H14ClNO4S/c12-18(15,16)9-5-10(13-6-9)11(14)17-7-8-3-1-2-4-8/h5-6,8,13H,1-4,7H2. The average molecular weight is 292 g/mol. The zero-order valence-corrected chi connectivity index (χ0v) is 11.3. The predicted octanol–water partition coefficient (Wildman–Crippen LogP) is 2.29. The van der Waals surface area contributed by atoms with E-state index in [2.05, 4.69) is 4.98 Å². The van der Waals surface area contributed by atoms with Crippen LogP contribution >= 0.6 is 10.7 Å². The first-order valence-corrected chi connectivity index (χ1v) is 8.08. The largest absolute Gasteiger partial charge is 0.461 e. The van der Waals surface area contributed by atoms with Crippen molar-refractivity contribution in [2.45, 2.75) is 30.6 Å². The number of rotatable bonds is 4. The van der Waals surface area contributed by atoms with E-state index in [1.807, 2.05) is 0 Å². The molecule has 0 aliphatic heterocycles. The molecule has 0 saturated heterocycles. The van der Waals surface area contributed by atoms with Gasteiger partial charge in [0, 0.05) is 16.9 Å². The van der Waals surface area contributed by atoms with Gasteiger partial charge < -0.3 is 9.72 Å². The SMILES string of the molecule is O=C(OCC1CCCC1)c1cc(S(=O)(=O)Cl)c[nH]1. The second-order valence-corrected chi connectivity index (χ2v) is 7.00. The van der Waals surface area contributed by atoms with E-state index in [4.69, 9.17) is 15.4 Å². The molecular weight excluding hydrogens is 278 g/mol. The van der Waals surface area contributed by atoms with E-state index in [1.165, 1.54) is 25.1 Å². The molecule has 0 amide bonds. The normalized spacial score (nSPS) is 16.9. The van der Waals surface area contributed by atoms with E-state index >= 15 is 0 Å². The van der Waals surface area contributed by atoms with Gasteiger partial charge in [0.15, 0.2) is 0 Å². The van der Waals surface area contributed by atoms with Crippen LogP contribution < -0.4 is 0 Å². The molecule has 1 saturated carbocycles. The summed E-state index contributed by atoms with van der Waals surface area (Å²) in [4.78, 5) is 14.1. The summed E-state index contributed by atoms with van der Waals surface area (Å²) in [7, 11) is 1.34. The number of aromatic nitrogens is 1. The zero-order valence-electron chi connectivity index (χ0n) is 9.69. The lowest BCUT2D eigenvalue weighted by atomic mass is 10.1. The molecule has 0 bridgehead atoms. The van der Waals surface area contributed by atoms with E-state index < -0.39 is 15.0 Å². The highest BCUT2D eigenvalue weighted by Crippen LogP contribution is 2.25. The lowest BCUT2D eigenvalue weighted by molar-refractivity contribution is 0.0436. The summed E-state index contributed by atoms with van der Waals surface area (Å²) >= 11 is 0. The molecule has 0 aromatic carbocycles. The number of hydrogen-bond donors (Lipinski definition) is 1. The Kier molecular flexibility index (Phi) is 3.97. The fourth-order valence-electron chi connectivity index (χ4n) is 2.08. The molecule has 100 valence electrons. The van der Waals surface area contributed by atoms with Crippen LogP contribution in [0.25, 0.3) is 0 Å². The molecule has 0 radical (unpaired) electrons. The van der Waals surface area contributed by atoms with Crippen LogP contribution in [0.15, 0.2) is 17.2 Å². The quantitative estimate of drug-likeness (QED) is 0.682. The Labute approximate surface area is 110 Å². The highest BCUT2D eigenvalue weighted by atomic mass is 35.7. The molecule has 18 heavy (non-hydrogen) atoms. The summed E-state index contributed by atoms with van der Waals surface area (Å²) in [5.74, 6) is -0.117. The number of carbonyl (C=O) groups excluding carboxylic acids is 1. The van der Waals surface area contributed by atoms with Gasteiger partial charge in [0.25, 0.3) is 9.05 Å². The Balaban J connectivity index is 1.94. The van der Waals surface area contributed by atoms with Crippen molar-refractivity contribution in [2.75, 3.05) is 6.61 Å². The summed E-state index contributed by atoms with van der Waals surface area (Å²) in [6.45, 7) is 0.390. The maximum Gasteiger partial charge on any atom is 0.354 e. The van der Waals surface area contributed by atoms with Gasteiger partial charge in [-0.15, -0.1) is 0 Å². The summed E-state index contributed by atoms with van der Waals surface area (Å²) in [6, 6.07) is 1.18. The Morgan fingerprint density at radius 2 is 2.11 bits per heavy atom. The molecule has 1 aliphatic carbocycles. The molecule has 7 heteroatoms. The highest BCUT2D eigenvalue weighted by Gasteiger charge is 2.20. The maximum absolute atomic E-state index is 11.7. The second-order valence-electron chi connectivity index (χ2n) is 4.44. The third kappa shape index (κ3) is 3.26. The minimum atomic E-state index is -3.81. The van der Waals surface area contributed by atoms with E-state index in [1.54, 1.807) is 0 Å². The molecule has 0 atom stereocenters. The smallest absolute Gasteiger partial charge is 0.354 e. The van der Waals surface area contributed by atoms with Crippen molar-refractivity contribution in [3.8, 4) is 0 Å². The number of hydrogen-bond acceptors (Lipinski definition) is 4. The first kappa shape index (κ1) is 13.4. The first-order chi connectivity index (χ1) is 8.47. The average Bonchev–Trinajstić information content (AvgIpc) is 2.96. The molecule has 0 spiro atoms. The van der Waals surface area contributed by atoms with Gasteiger partial charge in [0.05, 0.1) is 6.61 Å². The molecule has 0 unspecified atom stereocenters. The van der Waals surface area contributed by atoms with Crippen LogP contribution in [0, 0.1) is 5.92 Å². The van der Waals surface area contributed by atoms with Crippen molar-refractivity contribution in [2.24, 2.45) is 5.92 Å². The monoisotopic (exact) mass is 291 g/mol. The van der Waals surface area contributed by atoms with Crippen molar-refractivity contribution < 1.29 is 17.9 Å². The number of nitrogens with one attached hydrogen (secondary N) is 1. The summed E-state index contributed by atoms with van der Waals surface area (Å²) in [5.41, 5.74) is 0.104. The van der Waals surface area contributed by atoms with Crippen LogP contribution in [-0.4, -0.2) is 26.0 Å². The fourth-order valence-corrected chi connectivity index (χ4v) is 2.81. The number of carbonyl (C=O) groups is 1. The summed E-state index contributed by atoms with van der Waals surface area (Å²) < 4.78 is 27.2. The van der Waals surface area contributed by atoms with Crippen molar-refractivity contribution in [3.05, 3.63) is 18.0 Å². The molecule has 1 aromatic heterocycles. The molecular formula is C11H14ClNO4S. The second kappa shape index (κ2) is 5.32. The highest BCUT2D eigenvalue weighted by molar-refractivity contribution is 8.13. The molecule has 1 aliphatic rings. The Morgan fingerprint density at radius 3 is 2.67 bits per heavy atom. The minimum absolute atomic E-state index is 0.104. The van der Waals surface area contributed by atoms with Gasteiger partial charge in [-0.2, -0.15) is 0 Å². The summed E-state index contributed by atoms with van der Waals surface area (Å²) in [5, 5.41) is 0. The maximum atomic E-state index is 11.7. The topological polar surface area (TPSA) is 76.2 Å². The van der Waals surface area contributed by atoms with Gasteiger partial charge in [-0.25, -0.2) is 13.2 Å². The van der Waals surface area contributed by atoms with Crippen molar-refractivity contribution in [1.82, 2.24) is 4.98 Å². The molecule has 1 N–H and O–H groups in total. The minimum Gasteiger partial charge on any atom is -0.461 e. The lowest BCUT2D eigenvalue weighted by Gasteiger charge is -2.08. The molecule has 5 nitrogen and oxygen atoms in total. The van der Waals surface area contributed by atoms with Crippen LogP contribution in [0.5, 0.6) is 0 Å². The van der Waals surface area contributed by atoms with Crippen LogP contribution in [0.4, 0.5) is 0 Å². The van der Waals surface area contributed by atoms with Gasteiger partial charge in [-0.1, -0.05) is 12.8 Å². The Hall–Kier alpha value is -1.01. The zero-order chi connectivity index (χ0) is 13.2. The first-order valence-electron chi connectivity index (χ1n) is 5.77. The van der Waals surface area contributed by atoms with Gasteiger partial charge >= 0.3 is 5.97 Å². The number of H-pyrrole nitrogens is 1. The van der Waals surface area contributed by atoms with Crippen LogP contribution in [0.1, 0.15) is 36.2 Å². The van der Waals surface area contributed by atoms with E-state index in [-0.39, 0.29) is 10.6 Å².